The van der Waals surface area contributed by atoms with Crippen molar-refractivity contribution in [3.8, 4) is 0 Å². The Kier molecular flexibility index (Phi) is 4.71. The van der Waals surface area contributed by atoms with Gasteiger partial charge in [0.05, 0.1) is 11.5 Å². The number of nitrogens with one attached hydrogen (secondary N) is 1. The zero-order valence-corrected chi connectivity index (χ0v) is 12.8. The molecule has 0 spiro atoms. The zero-order chi connectivity index (χ0) is 14.8. The summed E-state index contributed by atoms with van der Waals surface area (Å²) in [5.74, 6) is 0.286. The highest BCUT2D eigenvalue weighted by atomic mass is 35.5. The van der Waals surface area contributed by atoms with Crippen molar-refractivity contribution in [2.45, 2.75) is 44.6 Å². The number of aliphatic hydroxyl groups is 1. The van der Waals surface area contributed by atoms with E-state index in [0.717, 1.165) is 18.4 Å². The van der Waals surface area contributed by atoms with Crippen molar-refractivity contribution in [1.82, 2.24) is 5.32 Å². The number of rotatable bonds is 6. The Morgan fingerprint density at radius 2 is 1.95 bits per heavy atom. The van der Waals surface area contributed by atoms with Gasteiger partial charge in [0, 0.05) is 11.6 Å². The Hall–Kier alpha value is -1.06. The van der Waals surface area contributed by atoms with Gasteiger partial charge < -0.3 is 10.4 Å². The molecule has 110 valence electrons. The highest BCUT2D eigenvalue weighted by Crippen LogP contribution is 2.48. The van der Waals surface area contributed by atoms with Crippen LogP contribution in [0.15, 0.2) is 24.3 Å². The van der Waals surface area contributed by atoms with Gasteiger partial charge in [-0.05, 0) is 42.9 Å². The van der Waals surface area contributed by atoms with Crippen molar-refractivity contribution < 1.29 is 9.90 Å². The fourth-order valence-corrected chi connectivity index (χ4v) is 2.50. The molecule has 1 aromatic carbocycles. The van der Waals surface area contributed by atoms with Crippen molar-refractivity contribution in [3.05, 3.63) is 34.9 Å². The summed E-state index contributed by atoms with van der Waals surface area (Å²) in [6.07, 6.45) is 2.00. The van der Waals surface area contributed by atoms with Gasteiger partial charge in [-0.3, -0.25) is 4.79 Å². The van der Waals surface area contributed by atoms with Crippen molar-refractivity contribution in [1.29, 1.82) is 0 Å². The normalized spacial score (nSPS) is 17.9. The van der Waals surface area contributed by atoms with Crippen molar-refractivity contribution >= 4 is 17.5 Å². The third kappa shape index (κ3) is 3.33. The summed E-state index contributed by atoms with van der Waals surface area (Å²) in [6, 6.07) is 7.51. The molecule has 1 amide bonds. The molecule has 3 nitrogen and oxygen atoms in total. The third-order valence-electron chi connectivity index (χ3n) is 4.08. The maximum atomic E-state index is 12.3. The minimum absolute atomic E-state index is 0.0655. The van der Waals surface area contributed by atoms with Crippen LogP contribution in [-0.4, -0.2) is 23.7 Å². The van der Waals surface area contributed by atoms with E-state index in [9.17, 15) is 9.90 Å². The highest BCUT2D eigenvalue weighted by Gasteiger charge is 2.50. The average Bonchev–Trinajstić information content (AvgIpc) is 3.20. The smallest absolute Gasteiger partial charge is 0.230 e. The van der Waals surface area contributed by atoms with Gasteiger partial charge in [0.25, 0.3) is 0 Å². The van der Waals surface area contributed by atoms with Gasteiger partial charge in [0.15, 0.2) is 0 Å². The van der Waals surface area contributed by atoms with E-state index in [-0.39, 0.29) is 23.3 Å². The van der Waals surface area contributed by atoms with E-state index in [1.807, 2.05) is 38.1 Å². The molecule has 2 rings (SSSR count). The zero-order valence-electron chi connectivity index (χ0n) is 12.0. The molecule has 4 heteroatoms. The first-order chi connectivity index (χ1) is 9.45. The molecule has 0 saturated heterocycles. The van der Waals surface area contributed by atoms with Crippen LogP contribution in [0.3, 0.4) is 0 Å². The van der Waals surface area contributed by atoms with Crippen LogP contribution < -0.4 is 5.32 Å². The first-order valence-corrected chi connectivity index (χ1v) is 7.56. The van der Waals surface area contributed by atoms with Gasteiger partial charge in [-0.2, -0.15) is 0 Å². The molecule has 0 aliphatic heterocycles. The van der Waals surface area contributed by atoms with E-state index in [2.05, 4.69) is 5.32 Å². The Balaban J connectivity index is 1.90. The summed E-state index contributed by atoms with van der Waals surface area (Å²) in [7, 11) is 0. The Morgan fingerprint density at radius 1 is 1.35 bits per heavy atom. The first kappa shape index (κ1) is 15.3. The predicted octanol–water partition coefficient (Wildman–Crippen LogP) is 2.89. The van der Waals surface area contributed by atoms with E-state index >= 15 is 0 Å². The van der Waals surface area contributed by atoms with Crippen LogP contribution in [0.1, 0.15) is 38.7 Å². The van der Waals surface area contributed by atoms with Crippen LogP contribution in [0, 0.1) is 5.92 Å². The number of benzene rings is 1. The molecule has 1 fully saturated rings. The minimum atomic E-state index is -0.368. The van der Waals surface area contributed by atoms with E-state index in [0.29, 0.717) is 18.0 Å². The fraction of sp³-hybridized carbons (Fsp3) is 0.562. The third-order valence-corrected chi connectivity index (χ3v) is 4.33. The Morgan fingerprint density at radius 3 is 2.45 bits per heavy atom. The highest BCUT2D eigenvalue weighted by molar-refractivity contribution is 6.30. The molecule has 1 atom stereocenters. The second-order valence-corrected chi connectivity index (χ2v) is 6.38. The van der Waals surface area contributed by atoms with Crippen LogP contribution in [0.4, 0.5) is 0 Å². The maximum Gasteiger partial charge on any atom is 0.230 e. The predicted molar refractivity (Wildman–Crippen MR) is 80.8 cm³/mol. The van der Waals surface area contributed by atoms with Gasteiger partial charge in [0.1, 0.15) is 0 Å². The molecule has 1 saturated carbocycles. The van der Waals surface area contributed by atoms with Gasteiger partial charge in [-0.25, -0.2) is 0 Å². The lowest BCUT2D eigenvalue weighted by Gasteiger charge is -2.18. The molecule has 20 heavy (non-hydrogen) atoms. The van der Waals surface area contributed by atoms with Crippen molar-refractivity contribution in [2.75, 3.05) is 6.54 Å². The topological polar surface area (TPSA) is 49.3 Å². The minimum Gasteiger partial charge on any atom is -0.393 e. The summed E-state index contributed by atoms with van der Waals surface area (Å²) in [5.41, 5.74) is 0.664. The first-order valence-electron chi connectivity index (χ1n) is 7.18. The molecule has 2 N–H and O–H groups in total. The Labute approximate surface area is 125 Å². The molecule has 0 bridgehead atoms. The monoisotopic (exact) mass is 295 g/mol. The van der Waals surface area contributed by atoms with Gasteiger partial charge in [0.2, 0.25) is 5.91 Å². The van der Waals surface area contributed by atoms with E-state index in [1.54, 1.807) is 0 Å². The molecular formula is C16H22ClNO2. The van der Waals surface area contributed by atoms with Crippen LogP contribution in [0.2, 0.25) is 5.02 Å². The van der Waals surface area contributed by atoms with Crippen LogP contribution in [0.5, 0.6) is 0 Å². The van der Waals surface area contributed by atoms with Gasteiger partial charge in [-0.15, -0.1) is 0 Å². The molecule has 0 radical (unpaired) electrons. The molecule has 0 aromatic heterocycles. The molecule has 1 aromatic rings. The Bertz CT molecular complexity index is 466. The largest absolute Gasteiger partial charge is 0.393 e. The van der Waals surface area contributed by atoms with Crippen molar-refractivity contribution in [3.63, 3.8) is 0 Å². The maximum absolute atomic E-state index is 12.3. The lowest BCUT2D eigenvalue weighted by molar-refractivity contribution is -0.123. The van der Waals surface area contributed by atoms with Gasteiger partial charge in [-0.1, -0.05) is 37.6 Å². The second kappa shape index (κ2) is 6.15. The molecule has 0 heterocycles. The van der Waals surface area contributed by atoms with E-state index in [1.165, 1.54) is 0 Å². The van der Waals surface area contributed by atoms with E-state index in [4.69, 9.17) is 11.6 Å². The van der Waals surface area contributed by atoms with Crippen LogP contribution in [0.25, 0.3) is 0 Å². The summed E-state index contributed by atoms with van der Waals surface area (Å²) in [5, 5.41) is 13.4. The van der Waals surface area contributed by atoms with Crippen LogP contribution >= 0.6 is 11.6 Å². The number of aliphatic hydroxyl groups excluding tert-OH is 1. The lowest BCUT2D eigenvalue weighted by atomic mass is 9.95. The second-order valence-electron chi connectivity index (χ2n) is 5.94. The van der Waals surface area contributed by atoms with E-state index < -0.39 is 0 Å². The lowest BCUT2D eigenvalue weighted by Crippen LogP contribution is -2.36. The molecule has 1 aliphatic rings. The number of carbonyl (C=O) groups is 1. The summed E-state index contributed by atoms with van der Waals surface area (Å²) in [4.78, 5) is 12.3. The average molecular weight is 296 g/mol. The SMILES string of the molecule is CC(C)C(O)CCNC(=O)C1(c2ccc(Cl)cc2)CC1. The summed E-state index contributed by atoms with van der Waals surface area (Å²) >= 11 is 5.88. The number of carbonyl (C=O) groups excluding carboxylic acids is 1. The standard InChI is InChI=1S/C16H22ClNO2/c1-11(2)14(19)7-10-18-15(20)16(8-9-16)12-3-5-13(17)6-4-12/h3-6,11,14,19H,7-10H2,1-2H3,(H,18,20). The summed E-state index contributed by atoms with van der Waals surface area (Å²) in [6.45, 7) is 4.47. The molecule has 1 unspecified atom stereocenters. The number of halogens is 1. The number of amides is 1. The number of hydrogen-bond acceptors (Lipinski definition) is 2. The number of hydrogen-bond donors (Lipinski definition) is 2. The van der Waals surface area contributed by atoms with Crippen molar-refractivity contribution in [2.24, 2.45) is 5.92 Å². The fourth-order valence-electron chi connectivity index (χ4n) is 2.38. The molecular weight excluding hydrogens is 274 g/mol. The summed E-state index contributed by atoms with van der Waals surface area (Å²) < 4.78 is 0. The molecule has 1 aliphatic carbocycles. The quantitative estimate of drug-likeness (QED) is 0.848. The van der Waals surface area contributed by atoms with Crippen LogP contribution in [-0.2, 0) is 10.2 Å². The van der Waals surface area contributed by atoms with Gasteiger partial charge >= 0.3 is 0 Å².